The molecule has 0 bridgehead atoms. The molecule has 0 aliphatic carbocycles. The van der Waals surface area contributed by atoms with E-state index in [0.717, 1.165) is 19.3 Å². The SMILES string of the molecule is CCCCCOc1ccc(S(=O)(=O)N[C@H](CC)CO)cc1. The van der Waals surface area contributed by atoms with Crippen LogP contribution in [0.15, 0.2) is 29.2 Å². The van der Waals surface area contributed by atoms with E-state index < -0.39 is 16.1 Å². The molecule has 0 amide bonds. The fourth-order valence-corrected chi connectivity index (χ4v) is 3.10. The Morgan fingerprint density at radius 2 is 1.86 bits per heavy atom. The van der Waals surface area contributed by atoms with Crippen LogP contribution in [0.25, 0.3) is 0 Å². The molecule has 0 unspecified atom stereocenters. The van der Waals surface area contributed by atoms with E-state index in [-0.39, 0.29) is 11.5 Å². The minimum Gasteiger partial charge on any atom is -0.494 e. The van der Waals surface area contributed by atoms with Crippen LogP contribution in [-0.2, 0) is 10.0 Å². The lowest BCUT2D eigenvalue weighted by atomic mass is 10.3. The van der Waals surface area contributed by atoms with Crippen LogP contribution in [0, 0.1) is 0 Å². The van der Waals surface area contributed by atoms with Crippen LogP contribution in [0.3, 0.4) is 0 Å². The number of benzene rings is 1. The van der Waals surface area contributed by atoms with Crippen LogP contribution in [0.1, 0.15) is 39.5 Å². The van der Waals surface area contributed by atoms with E-state index in [9.17, 15) is 8.42 Å². The van der Waals surface area contributed by atoms with Crippen molar-refractivity contribution < 1.29 is 18.3 Å². The normalized spacial score (nSPS) is 13.1. The third-order valence-electron chi connectivity index (χ3n) is 3.19. The van der Waals surface area contributed by atoms with Gasteiger partial charge in [-0.15, -0.1) is 0 Å². The molecular weight excluding hydrogens is 290 g/mol. The first-order valence-electron chi connectivity index (χ1n) is 7.39. The molecule has 120 valence electrons. The number of aliphatic hydroxyl groups excluding tert-OH is 1. The molecule has 1 rings (SSSR count). The summed E-state index contributed by atoms with van der Waals surface area (Å²) in [5, 5.41) is 9.07. The fourth-order valence-electron chi connectivity index (χ4n) is 1.79. The van der Waals surface area contributed by atoms with E-state index >= 15 is 0 Å². The van der Waals surface area contributed by atoms with Gasteiger partial charge < -0.3 is 9.84 Å². The zero-order valence-corrected chi connectivity index (χ0v) is 13.5. The molecule has 1 aromatic carbocycles. The minimum absolute atomic E-state index is 0.176. The molecule has 1 aromatic rings. The zero-order valence-electron chi connectivity index (χ0n) is 12.7. The molecule has 0 saturated heterocycles. The van der Waals surface area contributed by atoms with Gasteiger partial charge in [0.25, 0.3) is 0 Å². The molecule has 6 heteroatoms. The summed E-state index contributed by atoms with van der Waals surface area (Å²) >= 11 is 0. The molecule has 0 fully saturated rings. The first kappa shape index (κ1) is 17.9. The summed E-state index contributed by atoms with van der Waals surface area (Å²) in [6.07, 6.45) is 3.78. The maximum absolute atomic E-state index is 12.1. The Bertz CT molecular complexity index is 495. The van der Waals surface area contributed by atoms with E-state index in [2.05, 4.69) is 11.6 Å². The van der Waals surface area contributed by atoms with Crippen LogP contribution in [-0.4, -0.2) is 32.8 Å². The summed E-state index contributed by atoms with van der Waals surface area (Å²) in [5.74, 6) is 0.666. The second-order valence-corrected chi connectivity index (χ2v) is 6.65. The van der Waals surface area contributed by atoms with Gasteiger partial charge in [-0.3, -0.25) is 0 Å². The summed E-state index contributed by atoms with van der Waals surface area (Å²) < 4.78 is 32.2. The average molecular weight is 315 g/mol. The molecule has 0 heterocycles. The standard InChI is InChI=1S/C15H25NO4S/c1-3-5-6-11-20-14-7-9-15(10-8-14)21(18,19)16-13(4-2)12-17/h7-10,13,16-17H,3-6,11-12H2,1-2H3/t13-/m1/s1. The molecule has 0 spiro atoms. The fraction of sp³-hybridized carbons (Fsp3) is 0.600. The Balaban J connectivity index is 2.64. The highest BCUT2D eigenvalue weighted by Crippen LogP contribution is 2.17. The monoisotopic (exact) mass is 315 g/mol. The Hall–Kier alpha value is -1.11. The summed E-state index contributed by atoms with van der Waals surface area (Å²) in [6, 6.07) is 5.88. The Morgan fingerprint density at radius 3 is 2.38 bits per heavy atom. The highest BCUT2D eigenvalue weighted by atomic mass is 32.2. The van der Waals surface area contributed by atoms with Crippen LogP contribution in [0.5, 0.6) is 5.75 Å². The minimum atomic E-state index is -3.60. The lowest BCUT2D eigenvalue weighted by Crippen LogP contribution is -2.36. The number of sulfonamides is 1. The second kappa shape index (κ2) is 9.02. The lowest BCUT2D eigenvalue weighted by molar-refractivity contribution is 0.254. The van der Waals surface area contributed by atoms with Gasteiger partial charge >= 0.3 is 0 Å². The average Bonchev–Trinajstić information content (AvgIpc) is 2.49. The highest BCUT2D eigenvalue weighted by molar-refractivity contribution is 7.89. The van der Waals surface area contributed by atoms with E-state index in [1.807, 2.05) is 6.92 Å². The van der Waals surface area contributed by atoms with Gasteiger partial charge in [0.05, 0.1) is 18.1 Å². The predicted molar refractivity (Wildman–Crippen MR) is 82.9 cm³/mol. The second-order valence-electron chi connectivity index (χ2n) is 4.94. The number of nitrogens with one attached hydrogen (secondary N) is 1. The van der Waals surface area contributed by atoms with Crippen molar-refractivity contribution in [1.82, 2.24) is 4.72 Å². The Labute approximate surface area is 127 Å². The third kappa shape index (κ3) is 6.03. The van der Waals surface area contributed by atoms with Gasteiger partial charge in [-0.05, 0) is 37.1 Å². The quantitative estimate of drug-likeness (QED) is 0.650. The molecule has 0 aliphatic rings. The van der Waals surface area contributed by atoms with Gasteiger partial charge in [0.1, 0.15) is 5.75 Å². The van der Waals surface area contributed by atoms with Crippen molar-refractivity contribution in [3.8, 4) is 5.75 Å². The maximum Gasteiger partial charge on any atom is 0.240 e. The van der Waals surface area contributed by atoms with E-state index in [1.165, 1.54) is 12.1 Å². The predicted octanol–water partition coefficient (Wildman–Crippen LogP) is 2.30. The molecule has 0 aliphatic heterocycles. The van der Waals surface area contributed by atoms with Crippen LogP contribution in [0.4, 0.5) is 0 Å². The molecule has 5 nitrogen and oxygen atoms in total. The number of aliphatic hydroxyl groups is 1. The van der Waals surface area contributed by atoms with E-state index in [0.29, 0.717) is 18.8 Å². The van der Waals surface area contributed by atoms with Crippen LogP contribution >= 0.6 is 0 Å². The van der Waals surface area contributed by atoms with Crippen LogP contribution < -0.4 is 9.46 Å². The number of hydrogen-bond donors (Lipinski definition) is 2. The van der Waals surface area contributed by atoms with E-state index in [4.69, 9.17) is 9.84 Å². The first-order chi connectivity index (χ1) is 10.0. The van der Waals surface area contributed by atoms with Crippen molar-refractivity contribution in [2.24, 2.45) is 0 Å². The van der Waals surface area contributed by atoms with Crippen LogP contribution in [0.2, 0.25) is 0 Å². The number of ether oxygens (including phenoxy) is 1. The van der Waals surface area contributed by atoms with E-state index in [1.54, 1.807) is 12.1 Å². The Kier molecular flexibility index (Phi) is 7.71. The van der Waals surface area contributed by atoms with Crippen molar-refractivity contribution in [1.29, 1.82) is 0 Å². The molecule has 0 saturated carbocycles. The van der Waals surface area contributed by atoms with Crippen molar-refractivity contribution in [2.45, 2.75) is 50.5 Å². The van der Waals surface area contributed by atoms with Crippen molar-refractivity contribution in [2.75, 3.05) is 13.2 Å². The Morgan fingerprint density at radius 1 is 1.19 bits per heavy atom. The molecule has 21 heavy (non-hydrogen) atoms. The summed E-state index contributed by atoms with van der Waals surface area (Å²) in [7, 11) is -3.60. The van der Waals surface area contributed by atoms with Gasteiger partial charge in [-0.1, -0.05) is 26.7 Å². The van der Waals surface area contributed by atoms with Crippen molar-refractivity contribution in [3.05, 3.63) is 24.3 Å². The van der Waals surface area contributed by atoms with Gasteiger partial charge in [0, 0.05) is 6.04 Å². The summed E-state index contributed by atoms with van der Waals surface area (Å²) in [6.45, 7) is 4.37. The smallest absolute Gasteiger partial charge is 0.240 e. The largest absolute Gasteiger partial charge is 0.494 e. The number of rotatable bonds is 10. The molecule has 1 atom stereocenters. The number of unbranched alkanes of at least 4 members (excludes halogenated alkanes) is 2. The highest BCUT2D eigenvalue weighted by Gasteiger charge is 2.18. The molecule has 0 aromatic heterocycles. The van der Waals surface area contributed by atoms with Gasteiger partial charge in [-0.25, -0.2) is 13.1 Å². The first-order valence-corrected chi connectivity index (χ1v) is 8.87. The van der Waals surface area contributed by atoms with Crippen molar-refractivity contribution in [3.63, 3.8) is 0 Å². The topological polar surface area (TPSA) is 75.6 Å². The third-order valence-corrected chi connectivity index (χ3v) is 4.72. The summed E-state index contributed by atoms with van der Waals surface area (Å²) in [4.78, 5) is 0.176. The lowest BCUT2D eigenvalue weighted by Gasteiger charge is -2.14. The zero-order chi connectivity index (χ0) is 15.7. The molecule has 0 radical (unpaired) electrons. The van der Waals surface area contributed by atoms with Gasteiger partial charge in [-0.2, -0.15) is 0 Å². The maximum atomic E-state index is 12.1. The molecule has 2 N–H and O–H groups in total. The van der Waals surface area contributed by atoms with Crippen molar-refractivity contribution >= 4 is 10.0 Å². The summed E-state index contributed by atoms with van der Waals surface area (Å²) in [5.41, 5.74) is 0. The molecular formula is C15H25NO4S. The number of hydrogen-bond acceptors (Lipinski definition) is 4. The van der Waals surface area contributed by atoms with Gasteiger partial charge in [0.15, 0.2) is 0 Å². The van der Waals surface area contributed by atoms with Gasteiger partial charge in [0.2, 0.25) is 10.0 Å².